The molecule has 0 radical (unpaired) electrons. The van der Waals surface area contributed by atoms with Crippen molar-refractivity contribution in [1.29, 1.82) is 0 Å². The number of rotatable bonds is 6. The van der Waals surface area contributed by atoms with E-state index in [1.807, 2.05) is 25.8 Å². The second kappa shape index (κ2) is 7.73. The molecule has 2 fully saturated rings. The van der Waals surface area contributed by atoms with Crippen molar-refractivity contribution >= 4 is 11.8 Å². The zero-order valence-electron chi connectivity index (χ0n) is 16.1. The summed E-state index contributed by atoms with van der Waals surface area (Å²) >= 11 is 0. The van der Waals surface area contributed by atoms with E-state index in [2.05, 4.69) is 20.4 Å². The number of hydrogen-bond acceptors (Lipinski definition) is 6. The summed E-state index contributed by atoms with van der Waals surface area (Å²) in [6.07, 6.45) is 3.07. The number of nitrogens with zero attached hydrogens (tertiary/aromatic N) is 4. The van der Waals surface area contributed by atoms with Gasteiger partial charge in [-0.3, -0.25) is 14.5 Å². The average Bonchev–Trinajstić information content (AvgIpc) is 3.36. The normalized spacial score (nSPS) is 23.5. The molecule has 144 valence electrons. The number of carbonyl (C=O) groups is 2. The topological polar surface area (TPSA) is 91.6 Å². The highest BCUT2D eigenvalue weighted by Crippen LogP contribution is 2.38. The fraction of sp³-hybridized carbons (Fsp3) is 0.778. The molecule has 8 heteroatoms. The van der Waals surface area contributed by atoms with Gasteiger partial charge in [0.25, 0.3) is 0 Å². The van der Waals surface area contributed by atoms with Gasteiger partial charge in [0.2, 0.25) is 17.7 Å². The molecule has 8 nitrogen and oxygen atoms in total. The molecule has 0 aromatic carbocycles. The monoisotopic (exact) mass is 363 g/mol. The predicted octanol–water partition coefficient (Wildman–Crippen LogP) is 1.31. The quantitative estimate of drug-likeness (QED) is 0.819. The Balaban J connectivity index is 1.72. The van der Waals surface area contributed by atoms with Crippen LogP contribution in [0.25, 0.3) is 0 Å². The summed E-state index contributed by atoms with van der Waals surface area (Å²) in [5.41, 5.74) is 0. The minimum Gasteiger partial charge on any atom is -0.344 e. The molecule has 1 aliphatic heterocycles. The van der Waals surface area contributed by atoms with Crippen LogP contribution in [0.1, 0.15) is 63.7 Å². The Morgan fingerprint density at radius 2 is 2.08 bits per heavy atom. The third-order valence-electron chi connectivity index (χ3n) is 5.48. The number of amides is 2. The molecule has 26 heavy (non-hydrogen) atoms. The maximum absolute atomic E-state index is 13.1. The molecule has 1 saturated heterocycles. The molecule has 2 heterocycles. The summed E-state index contributed by atoms with van der Waals surface area (Å²) < 4.78 is 5.49. The highest BCUT2D eigenvalue weighted by Gasteiger charge is 2.37. The number of likely N-dealkylation sites (N-methyl/N-ethyl adjacent to an activating group) is 1. The maximum Gasteiger partial charge on any atom is 0.245 e. The molecule has 1 saturated carbocycles. The molecule has 1 aliphatic carbocycles. The second-order valence-electron chi connectivity index (χ2n) is 7.61. The Labute approximate surface area is 154 Å². The first-order valence-corrected chi connectivity index (χ1v) is 9.50. The van der Waals surface area contributed by atoms with Gasteiger partial charge < -0.3 is 14.7 Å². The number of hydrogen-bond donors (Lipinski definition) is 1. The molecule has 1 aromatic heterocycles. The van der Waals surface area contributed by atoms with E-state index in [0.717, 1.165) is 31.6 Å². The SMILES string of the molecule is CC[C@H](C)[C@H](NC(C)=O)C(=O)N1CCN(C)C(c2nc(C3CC3)no2)C1. The summed E-state index contributed by atoms with van der Waals surface area (Å²) in [4.78, 5) is 33.1. The summed E-state index contributed by atoms with van der Waals surface area (Å²) in [6, 6.07) is -0.603. The molecular weight excluding hydrogens is 334 g/mol. The lowest BCUT2D eigenvalue weighted by Gasteiger charge is -2.39. The Morgan fingerprint density at radius 1 is 1.35 bits per heavy atom. The van der Waals surface area contributed by atoms with Crippen molar-refractivity contribution < 1.29 is 14.1 Å². The van der Waals surface area contributed by atoms with E-state index in [0.29, 0.717) is 24.9 Å². The molecular formula is C18H29N5O3. The third-order valence-corrected chi connectivity index (χ3v) is 5.48. The minimum atomic E-state index is -0.494. The summed E-state index contributed by atoms with van der Waals surface area (Å²) in [6.45, 7) is 7.32. The van der Waals surface area contributed by atoms with Crippen LogP contribution in [-0.4, -0.2) is 64.5 Å². The van der Waals surface area contributed by atoms with E-state index < -0.39 is 6.04 Å². The van der Waals surface area contributed by atoms with Gasteiger partial charge in [-0.25, -0.2) is 0 Å². The zero-order valence-corrected chi connectivity index (χ0v) is 16.1. The van der Waals surface area contributed by atoms with E-state index >= 15 is 0 Å². The van der Waals surface area contributed by atoms with E-state index in [1.54, 1.807) is 0 Å². The molecule has 0 bridgehead atoms. The van der Waals surface area contributed by atoms with E-state index in [9.17, 15) is 9.59 Å². The fourth-order valence-corrected chi connectivity index (χ4v) is 3.33. The summed E-state index contributed by atoms with van der Waals surface area (Å²) in [5, 5.41) is 6.93. The Kier molecular flexibility index (Phi) is 5.60. The van der Waals surface area contributed by atoms with E-state index in [4.69, 9.17) is 4.52 Å². The lowest BCUT2D eigenvalue weighted by molar-refractivity contribution is -0.140. The van der Waals surface area contributed by atoms with Crippen molar-refractivity contribution in [3.05, 3.63) is 11.7 Å². The van der Waals surface area contributed by atoms with Crippen LogP contribution in [0.2, 0.25) is 0 Å². The second-order valence-corrected chi connectivity index (χ2v) is 7.61. The smallest absolute Gasteiger partial charge is 0.245 e. The van der Waals surface area contributed by atoms with Gasteiger partial charge in [0.1, 0.15) is 12.1 Å². The zero-order chi connectivity index (χ0) is 18.8. The first kappa shape index (κ1) is 18.8. The third kappa shape index (κ3) is 4.06. The van der Waals surface area contributed by atoms with Gasteiger partial charge in [0.05, 0.1) is 0 Å². The van der Waals surface area contributed by atoms with Crippen molar-refractivity contribution in [3.63, 3.8) is 0 Å². The predicted molar refractivity (Wildman–Crippen MR) is 95.3 cm³/mol. The molecule has 1 aromatic rings. The van der Waals surface area contributed by atoms with Gasteiger partial charge in [0, 0.05) is 32.5 Å². The fourth-order valence-electron chi connectivity index (χ4n) is 3.33. The van der Waals surface area contributed by atoms with Gasteiger partial charge in [-0.1, -0.05) is 25.4 Å². The molecule has 2 aliphatic rings. The number of nitrogens with one attached hydrogen (secondary N) is 1. The van der Waals surface area contributed by atoms with Crippen LogP contribution in [0.4, 0.5) is 0 Å². The lowest BCUT2D eigenvalue weighted by atomic mass is 9.97. The molecule has 2 amide bonds. The molecule has 1 unspecified atom stereocenters. The van der Waals surface area contributed by atoms with Crippen molar-refractivity contribution in [1.82, 2.24) is 25.3 Å². The van der Waals surface area contributed by atoms with Crippen LogP contribution in [0.5, 0.6) is 0 Å². The van der Waals surface area contributed by atoms with Crippen LogP contribution in [-0.2, 0) is 9.59 Å². The first-order chi connectivity index (χ1) is 12.4. The summed E-state index contributed by atoms with van der Waals surface area (Å²) in [5.74, 6) is 1.66. The number of carbonyl (C=O) groups excluding carboxylic acids is 2. The van der Waals surface area contributed by atoms with Crippen LogP contribution in [0, 0.1) is 5.92 Å². The van der Waals surface area contributed by atoms with Crippen LogP contribution >= 0.6 is 0 Å². The average molecular weight is 363 g/mol. The number of piperazine rings is 1. The van der Waals surface area contributed by atoms with E-state index in [1.165, 1.54) is 6.92 Å². The minimum absolute atomic E-state index is 0.0328. The maximum atomic E-state index is 13.1. The highest BCUT2D eigenvalue weighted by atomic mass is 16.5. The van der Waals surface area contributed by atoms with Gasteiger partial charge in [0.15, 0.2) is 5.82 Å². The molecule has 0 spiro atoms. The van der Waals surface area contributed by atoms with Gasteiger partial charge in [-0.05, 0) is 25.8 Å². The van der Waals surface area contributed by atoms with Crippen molar-refractivity contribution in [2.24, 2.45) is 5.92 Å². The van der Waals surface area contributed by atoms with Crippen molar-refractivity contribution in [3.8, 4) is 0 Å². The van der Waals surface area contributed by atoms with Crippen LogP contribution in [0.15, 0.2) is 4.52 Å². The standard InChI is InChI=1S/C18H29N5O3/c1-5-11(2)15(19-12(3)24)18(25)23-9-8-22(4)14(10-23)17-20-16(21-26-17)13-6-7-13/h11,13-15H,5-10H2,1-4H3,(H,19,24)/t11-,14?,15-/m0/s1. The Morgan fingerprint density at radius 3 is 2.69 bits per heavy atom. The molecule has 3 rings (SSSR count). The Bertz CT molecular complexity index is 657. The number of aromatic nitrogens is 2. The first-order valence-electron chi connectivity index (χ1n) is 9.50. The van der Waals surface area contributed by atoms with Crippen molar-refractivity contribution in [2.45, 2.75) is 58.0 Å². The highest BCUT2D eigenvalue weighted by molar-refractivity contribution is 5.87. The Hall–Kier alpha value is -1.96. The van der Waals surface area contributed by atoms with Gasteiger partial charge >= 0.3 is 0 Å². The summed E-state index contributed by atoms with van der Waals surface area (Å²) in [7, 11) is 2.01. The molecule has 1 N–H and O–H groups in total. The van der Waals surface area contributed by atoms with Crippen LogP contribution < -0.4 is 5.32 Å². The van der Waals surface area contributed by atoms with Crippen molar-refractivity contribution in [2.75, 3.05) is 26.7 Å². The van der Waals surface area contributed by atoms with E-state index in [-0.39, 0.29) is 23.8 Å². The largest absolute Gasteiger partial charge is 0.344 e. The van der Waals surface area contributed by atoms with Crippen LogP contribution in [0.3, 0.4) is 0 Å². The lowest BCUT2D eigenvalue weighted by Crippen LogP contribution is -2.56. The van der Waals surface area contributed by atoms with Gasteiger partial charge in [-0.2, -0.15) is 4.98 Å². The molecule has 3 atom stereocenters. The van der Waals surface area contributed by atoms with Gasteiger partial charge in [-0.15, -0.1) is 0 Å².